The first-order valence-corrected chi connectivity index (χ1v) is 6.40. The first-order valence-electron chi connectivity index (χ1n) is 6.40. The van der Waals surface area contributed by atoms with E-state index in [1.807, 2.05) is 18.2 Å². The van der Waals surface area contributed by atoms with Crippen molar-refractivity contribution in [3.8, 4) is 0 Å². The number of aliphatic hydroxyl groups is 1. The number of para-hydroxylation sites is 1. The summed E-state index contributed by atoms with van der Waals surface area (Å²) in [5, 5.41) is 17.6. The Morgan fingerprint density at radius 2 is 1.94 bits per heavy atom. The summed E-state index contributed by atoms with van der Waals surface area (Å²) in [6, 6.07) is 8.22. The average molecular weight is 246 g/mol. The Morgan fingerprint density at radius 3 is 2.72 bits per heavy atom. The van der Waals surface area contributed by atoms with Crippen LogP contribution in [-0.4, -0.2) is 59.5 Å². The Hall–Kier alpha value is -1.59. The van der Waals surface area contributed by atoms with Gasteiger partial charge in [0, 0.05) is 38.1 Å². The summed E-state index contributed by atoms with van der Waals surface area (Å²) in [4.78, 5) is 4.60. The molecule has 2 N–H and O–H groups in total. The fourth-order valence-electron chi connectivity index (χ4n) is 2.51. The molecular formula is C13H18N4O. The van der Waals surface area contributed by atoms with Gasteiger partial charge in [0.05, 0.1) is 12.1 Å². The fraction of sp³-hybridized carbons (Fsp3) is 0.462. The molecule has 0 bridgehead atoms. The van der Waals surface area contributed by atoms with Crippen molar-refractivity contribution < 1.29 is 5.11 Å². The molecule has 1 aliphatic heterocycles. The third-order valence-electron chi connectivity index (χ3n) is 3.54. The molecule has 18 heavy (non-hydrogen) atoms. The van der Waals surface area contributed by atoms with Gasteiger partial charge in [-0.3, -0.25) is 10.00 Å². The van der Waals surface area contributed by atoms with Crippen LogP contribution in [0.2, 0.25) is 0 Å². The van der Waals surface area contributed by atoms with E-state index in [4.69, 9.17) is 5.11 Å². The van der Waals surface area contributed by atoms with Crippen LogP contribution in [0.25, 0.3) is 10.9 Å². The highest BCUT2D eigenvalue weighted by Crippen LogP contribution is 2.24. The predicted octanol–water partition coefficient (Wildman–Crippen LogP) is 0.677. The summed E-state index contributed by atoms with van der Waals surface area (Å²) in [6.45, 7) is 4.92. The quantitative estimate of drug-likeness (QED) is 0.836. The fourth-order valence-corrected chi connectivity index (χ4v) is 2.51. The maximum absolute atomic E-state index is 8.94. The molecule has 1 aliphatic rings. The molecule has 0 radical (unpaired) electrons. The number of aliphatic hydroxyl groups excluding tert-OH is 1. The number of benzene rings is 1. The lowest BCUT2D eigenvalue weighted by Crippen LogP contribution is -2.47. The molecule has 2 heterocycles. The molecule has 1 aromatic heterocycles. The van der Waals surface area contributed by atoms with Gasteiger partial charge in [-0.1, -0.05) is 12.1 Å². The minimum atomic E-state index is 0.241. The van der Waals surface area contributed by atoms with Crippen LogP contribution >= 0.6 is 0 Å². The topological polar surface area (TPSA) is 55.4 Å². The SMILES string of the molecule is OCCN1CCN(c2n[nH]c3ccccc23)CC1. The minimum absolute atomic E-state index is 0.241. The maximum atomic E-state index is 8.94. The van der Waals surface area contributed by atoms with Gasteiger partial charge in [0.25, 0.3) is 0 Å². The van der Waals surface area contributed by atoms with Crippen molar-refractivity contribution in [2.45, 2.75) is 0 Å². The lowest BCUT2D eigenvalue weighted by molar-refractivity contribution is 0.188. The smallest absolute Gasteiger partial charge is 0.158 e. The molecular weight excluding hydrogens is 228 g/mol. The van der Waals surface area contributed by atoms with E-state index in [0.29, 0.717) is 0 Å². The van der Waals surface area contributed by atoms with Crippen LogP contribution in [0.1, 0.15) is 0 Å². The van der Waals surface area contributed by atoms with Gasteiger partial charge in [-0.15, -0.1) is 0 Å². The number of hydrogen-bond donors (Lipinski definition) is 2. The molecule has 0 spiro atoms. The van der Waals surface area contributed by atoms with Crippen molar-refractivity contribution >= 4 is 16.7 Å². The molecule has 1 aromatic carbocycles. The highest BCUT2D eigenvalue weighted by atomic mass is 16.3. The van der Waals surface area contributed by atoms with E-state index in [1.54, 1.807) is 0 Å². The molecule has 0 atom stereocenters. The first kappa shape index (κ1) is 11.5. The van der Waals surface area contributed by atoms with E-state index in [2.05, 4.69) is 26.1 Å². The Morgan fingerprint density at radius 1 is 1.17 bits per heavy atom. The van der Waals surface area contributed by atoms with E-state index in [-0.39, 0.29) is 6.61 Å². The molecule has 2 aromatic rings. The van der Waals surface area contributed by atoms with Crippen LogP contribution in [0.4, 0.5) is 5.82 Å². The van der Waals surface area contributed by atoms with E-state index in [0.717, 1.165) is 44.1 Å². The molecule has 0 aliphatic carbocycles. The van der Waals surface area contributed by atoms with Crippen LogP contribution in [0.15, 0.2) is 24.3 Å². The van der Waals surface area contributed by atoms with Crippen molar-refractivity contribution in [2.24, 2.45) is 0 Å². The zero-order chi connectivity index (χ0) is 12.4. The Kier molecular flexibility index (Phi) is 3.17. The minimum Gasteiger partial charge on any atom is -0.395 e. The number of aromatic nitrogens is 2. The van der Waals surface area contributed by atoms with Gasteiger partial charge in [-0.2, -0.15) is 5.10 Å². The third-order valence-corrected chi connectivity index (χ3v) is 3.54. The molecule has 5 nitrogen and oxygen atoms in total. The number of anilines is 1. The number of hydrogen-bond acceptors (Lipinski definition) is 4. The first-order chi connectivity index (χ1) is 8.88. The largest absolute Gasteiger partial charge is 0.395 e. The summed E-state index contributed by atoms with van der Waals surface area (Å²) >= 11 is 0. The van der Waals surface area contributed by atoms with Gasteiger partial charge in [-0.25, -0.2) is 0 Å². The molecule has 5 heteroatoms. The number of aromatic amines is 1. The summed E-state index contributed by atoms with van der Waals surface area (Å²) < 4.78 is 0. The van der Waals surface area contributed by atoms with Crippen molar-refractivity contribution in [3.63, 3.8) is 0 Å². The van der Waals surface area contributed by atoms with Crippen LogP contribution in [0, 0.1) is 0 Å². The summed E-state index contributed by atoms with van der Waals surface area (Å²) in [5.41, 5.74) is 1.09. The van der Waals surface area contributed by atoms with E-state index in [9.17, 15) is 0 Å². The zero-order valence-corrected chi connectivity index (χ0v) is 10.3. The van der Waals surface area contributed by atoms with Crippen LogP contribution < -0.4 is 4.90 Å². The van der Waals surface area contributed by atoms with E-state index in [1.165, 1.54) is 5.39 Å². The van der Waals surface area contributed by atoms with Crippen molar-refractivity contribution in [2.75, 3.05) is 44.2 Å². The number of nitrogens with one attached hydrogen (secondary N) is 1. The van der Waals surface area contributed by atoms with Crippen LogP contribution in [0.3, 0.4) is 0 Å². The van der Waals surface area contributed by atoms with Crippen molar-refractivity contribution in [1.82, 2.24) is 15.1 Å². The molecule has 1 saturated heterocycles. The molecule has 0 amide bonds. The van der Waals surface area contributed by atoms with Gasteiger partial charge in [-0.05, 0) is 12.1 Å². The number of H-pyrrole nitrogens is 1. The second-order valence-electron chi connectivity index (χ2n) is 4.65. The summed E-state index contributed by atoms with van der Waals surface area (Å²) in [7, 11) is 0. The zero-order valence-electron chi connectivity index (χ0n) is 10.3. The lowest BCUT2D eigenvalue weighted by Gasteiger charge is -2.34. The highest BCUT2D eigenvalue weighted by Gasteiger charge is 2.19. The lowest BCUT2D eigenvalue weighted by atomic mass is 10.2. The van der Waals surface area contributed by atoms with Gasteiger partial charge in [0.1, 0.15) is 0 Å². The monoisotopic (exact) mass is 246 g/mol. The predicted molar refractivity (Wildman–Crippen MR) is 71.8 cm³/mol. The van der Waals surface area contributed by atoms with Gasteiger partial charge >= 0.3 is 0 Å². The van der Waals surface area contributed by atoms with Gasteiger partial charge in [0.2, 0.25) is 0 Å². The van der Waals surface area contributed by atoms with E-state index >= 15 is 0 Å². The molecule has 96 valence electrons. The number of β-amino-alcohol motifs (C(OH)–C–C–N with tert-alkyl or cyclic N) is 1. The summed E-state index contributed by atoms with van der Waals surface area (Å²) in [5.74, 6) is 1.05. The second-order valence-corrected chi connectivity index (χ2v) is 4.65. The number of nitrogens with zero attached hydrogens (tertiary/aromatic N) is 3. The summed E-state index contributed by atoms with van der Waals surface area (Å²) in [6.07, 6.45) is 0. The molecule has 0 saturated carbocycles. The number of rotatable bonds is 3. The maximum Gasteiger partial charge on any atom is 0.158 e. The molecule has 3 rings (SSSR count). The molecule has 1 fully saturated rings. The van der Waals surface area contributed by atoms with Gasteiger partial charge < -0.3 is 10.0 Å². The number of piperazine rings is 1. The normalized spacial score (nSPS) is 17.5. The Labute approximate surface area is 106 Å². The van der Waals surface area contributed by atoms with Crippen molar-refractivity contribution in [1.29, 1.82) is 0 Å². The standard InChI is InChI=1S/C13H18N4O/c18-10-9-16-5-7-17(8-6-16)13-11-3-1-2-4-12(11)14-15-13/h1-4,18H,5-10H2,(H,14,15). The van der Waals surface area contributed by atoms with Crippen molar-refractivity contribution in [3.05, 3.63) is 24.3 Å². The van der Waals surface area contributed by atoms with Crippen LogP contribution in [-0.2, 0) is 0 Å². The number of fused-ring (bicyclic) bond motifs is 1. The second kappa shape index (κ2) is 4.96. The third kappa shape index (κ3) is 2.07. The van der Waals surface area contributed by atoms with Gasteiger partial charge in [0.15, 0.2) is 5.82 Å². The molecule has 0 unspecified atom stereocenters. The average Bonchev–Trinajstić information content (AvgIpc) is 2.84. The van der Waals surface area contributed by atoms with E-state index < -0.39 is 0 Å². The van der Waals surface area contributed by atoms with Crippen LogP contribution in [0.5, 0.6) is 0 Å². The Bertz CT molecular complexity index is 516. The Balaban J connectivity index is 1.76. The highest BCUT2D eigenvalue weighted by molar-refractivity contribution is 5.90.